The van der Waals surface area contributed by atoms with E-state index in [1.54, 1.807) is 4.68 Å². The van der Waals surface area contributed by atoms with Gasteiger partial charge >= 0.3 is 0 Å². The van der Waals surface area contributed by atoms with Gasteiger partial charge in [0.2, 0.25) is 5.91 Å². The molecule has 1 heterocycles. The van der Waals surface area contributed by atoms with E-state index >= 15 is 0 Å². The molecular formula is C23H33N3O4S. The summed E-state index contributed by atoms with van der Waals surface area (Å²) in [4.78, 5) is 13.3. The van der Waals surface area contributed by atoms with Gasteiger partial charge in [0.15, 0.2) is 0 Å². The number of aromatic nitrogens is 2. The molecule has 1 aliphatic rings. The van der Waals surface area contributed by atoms with Crippen LogP contribution in [0.3, 0.4) is 0 Å². The van der Waals surface area contributed by atoms with Crippen molar-refractivity contribution >= 4 is 21.8 Å². The fourth-order valence-electron chi connectivity index (χ4n) is 4.44. The van der Waals surface area contributed by atoms with Gasteiger partial charge in [-0.15, -0.1) is 0 Å². The van der Waals surface area contributed by atoms with E-state index in [-0.39, 0.29) is 25.0 Å². The van der Waals surface area contributed by atoms with Gasteiger partial charge in [0.25, 0.3) is 10.1 Å². The fourth-order valence-corrected chi connectivity index (χ4v) is 4.81. The fraction of sp³-hybridized carbons (Fsp3) is 0.565. The summed E-state index contributed by atoms with van der Waals surface area (Å²) in [6, 6.07) is 11.5. The Balaban J connectivity index is 1.83. The Morgan fingerprint density at radius 3 is 2.61 bits per heavy atom. The van der Waals surface area contributed by atoms with Gasteiger partial charge in [-0.2, -0.15) is 13.5 Å². The molecule has 1 N–H and O–H groups in total. The summed E-state index contributed by atoms with van der Waals surface area (Å²) >= 11 is 0. The summed E-state index contributed by atoms with van der Waals surface area (Å²) in [6.45, 7) is 6.73. The lowest BCUT2D eigenvalue weighted by Crippen LogP contribution is -2.37. The number of nitrogens with zero attached hydrogens (tertiary/aromatic N) is 2. The molecular weight excluding hydrogens is 414 g/mol. The van der Waals surface area contributed by atoms with Gasteiger partial charge in [-0.25, -0.2) is 4.68 Å². The highest BCUT2D eigenvalue weighted by Gasteiger charge is 2.35. The van der Waals surface area contributed by atoms with Gasteiger partial charge < -0.3 is 5.32 Å². The summed E-state index contributed by atoms with van der Waals surface area (Å²) in [5, 5.41) is 7.67. The molecule has 1 amide bonds. The van der Waals surface area contributed by atoms with Crippen molar-refractivity contribution in [3.8, 4) is 11.3 Å². The first-order valence-electron chi connectivity index (χ1n) is 10.9. The lowest BCUT2D eigenvalue weighted by Gasteiger charge is -2.36. The highest BCUT2D eigenvalue weighted by molar-refractivity contribution is 7.85. The van der Waals surface area contributed by atoms with E-state index in [9.17, 15) is 13.2 Å². The van der Waals surface area contributed by atoms with Crippen molar-refractivity contribution in [3.63, 3.8) is 0 Å². The number of carbonyl (C=O) groups excluding carboxylic acids is 1. The Morgan fingerprint density at radius 2 is 1.97 bits per heavy atom. The zero-order valence-electron chi connectivity index (χ0n) is 18.7. The van der Waals surface area contributed by atoms with Crippen molar-refractivity contribution in [2.24, 2.45) is 23.7 Å². The van der Waals surface area contributed by atoms with Crippen LogP contribution >= 0.6 is 0 Å². The Morgan fingerprint density at radius 1 is 1.26 bits per heavy atom. The first-order chi connectivity index (χ1) is 14.6. The summed E-state index contributed by atoms with van der Waals surface area (Å²) in [7, 11) is -3.54. The van der Waals surface area contributed by atoms with Crippen molar-refractivity contribution in [2.75, 3.05) is 18.2 Å². The lowest BCUT2D eigenvalue weighted by molar-refractivity contribution is -0.124. The van der Waals surface area contributed by atoms with Gasteiger partial charge in [0, 0.05) is 17.5 Å². The zero-order chi connectivity index (χ0) is 22.6. The maximum absolute atomic E-state index is 13.3. The molecule has 0 aliphatic heterocycles. The van der Waals surface area contributed by atoms with Crippen LogP contribution in [0, 0.1) is 23.7 Å². The van der Waals surface area contributed by atoms with Crippen LogP contribution in [0.25, 0.3) is 11.3 Å². The Hall–Kier alpha value is -2.19. The van der Waals surface area contributed by atoms with Gasteiger partial charge in [-0.05, 0) is 30.6 Å². The Bertz CT molecular complexity index is 986. The van der Waals surface area contributed by atoms with Crippen molar-refractivity contribution in [2.45, 2.75) is 46.6 Å². The van der Waals surface area contributed by atoms with Crippen molar-refractivity contribution < 1.29 is 17.4 Å². The van der Waals surface area contributed by atoms with E-state index in [1.807, 2.05) is 36.4 Å². The number of nitrogens with one attached hydrogen (secondary N) is 1. The molecule has 0 spiro atoms. The third kappa shape index (κ3) is 6.40. The van der Waals surface area contributed by atoms with Gasteiger partial charge in [-0.3, -0.25) is 8.98 Å². The highest BCUT2D eigenvalue weighted by Crippen LogP contribution is 2.38. The van der Waals surface area contributed by atoms with Crippen LogP contribution in [0.5, 0.6) is 0 Å². The maximum Gasteiger partial charge on any atom is 0.264 e. The molecule has 170 valence electrons. The molecule has 0 radical (unpaired) electrons. The van der Waals surface area contributed by atoms with Crippen LogP contribution in [0.15, 0.2) is 36.4 Å². The van der Waals surface area contributed by atoms with E-state index < -0.39 is 10.1 Å². The molecule has 2 aromatic rings. The molecule has 1 aliphatic carbocycles. The SMILES string of the molecule is CC(C)[C@@H]1CC[C@@H](C)C[C@H]1C(=O)Nc1cc(-c2ccccc2)nn1CCOS(C)(=O)=O. The second-order valence-corrected chi connectivity index (χ2v) is 10.6. The quantitative estimate of drug-likeness (QED) is 0.613. The molecule has 31 heavy (non-hydrogen) atoms. The van der Waals surface area contributed by atoms with Gasteiger partial charge in [0.1, 0.15) is 5.82 Å². The molecule has 0 bridgehead atoms. The van der Waals surface area contributed by atoms with Crippen LogP contribution in [-0.2, 0) is 25.6 Å². The predicted molar refractivity (Wildman–Crippen MR) is 122 cm³/mol. The minimum atomic E-state index is -3.54. The predicted octanol–water partition coefficient (Wildman–Crippen LogP) is 4.17. The number of anilines is 1. The molecule has 1 saturated carbocycles. The van der Waals surface area contributed by atoms with E-state index in [0.29, 0.717) is 29.3 Å². The molecule has 1 aromatic heterocycles. The monoisotopic (exact) mass is 447 g/mol. The first-order valence-corrected chi connectivity index (χ1v) is 12.7. The maximum atomic E-state index is 13.3. The number of hydrogen-bond acceptors (Lipinski definition) is 5. The normalized spacial score (nSPS) is 21.9. The van der Waals surface area contributed by atoms with Crippen molar-refractivity contribution in [3.05, 3.63) is 36.4 Å². The van der Waals surface area contributed by atoms with Crippen LogP contribution in [0.4, 0.5) is 5.82 Å². The molecule has 3 rings (SSSR count). The van der Waals surface area contributed by atoms with Crippen molar-refractivity contribution in [1.82, 2.24) is 9.78 Å². The van der Waals surface area contributed by atoms with Crippen LogP contribution < -0.4 is 5.32 Å². The zero-order valence-corrected chi connectivity index (χ0v) is 19.6. The number of carbonyl (C=O) groups is 1. The van der Waals surface area contributed by atoms with E-state index in [1.165, 1.54) is 0 Å². The summed E-state index contributed by atoms with van der Waals surface area (Å²) in [5.41, 5.74) is 1.64. The molecule has 0 unspecified atom stereocenters. The van der Waals surface area contributed by atoms with E-state index in [2.05, 4.69) is 31.2 Å². The lowest BCUT2D eigenvalue weighted by atomic mass is 9.70. The van der Waals surface area contributed by atoms with E-state index in [4.69, 9.17) is 4.18 Å². The van der Waals surface area contributed by atoms with Crippen LogP contribution in [0.1, 0.15) is 40.0 Å². The standard InChI is InChI=1S/C23H33N3O4S/c1-16(2)19-11-10-17(3)14-20(19)23(27)24-22-15-21(18-8-6-5-7-9-18)25-26(22)12-13-30-31(4,28)29/h5-9,15-17,19-20H,10-14H2,1-4H3,(H,24,27)/t17-,19+,20-/m1/s1. The topological polar surface area (TPSA) is 90.3 Å². The minimum absolute atomic E-state index is 0.00930. The summed E-state index contributed by atoms with van der Waals surface area (Å²) in [6.07, 6.45) is 4.12. The molecule has 3 atom stereocenters. The summed E-state index contributed by atoms with van der Waals surface area (Å²) in [5.74, 6) is 1.85. The summed E-state index contributed by atoms with van der Waals surface area (Å²) < 4.78 is 29.2. The molecule has 1 aromatic carbocycles. The Kier molecular flexibility index (Phi) is 7.54. The molecule has 8 heteroatoms. The van der Waals surface area contributed by atoms with E-state index in [0.717, 1.165) is 31.1 Å². The second kappa shape index (κ2) is 9.96. The third-order valence-corrected chi connectivity index (χ3v) is 6.66. The molecule has 0 saturated heterocycles. The third-order valence-electron chi connectivity index (χ3n) is 6.06. The molecule has 1 fully saturated rings. The average molecular weight is 448 g/mol. The van der Waals surface area contributed by atoms with Crippen LogP contribution in [0.2, 0.25) is 0 Å². The van der Waals surface area contributed by atoms with Gasteiger partial charge in [0.05, 0.1) is 25.1 Å². The smallest absolute Gasteiger partial charge is 0.264 e. The minimum Gasteiger partial charge on any atom is -0.311 e. The first kappa shape index (κ1) is 23.5. The highest BCUT2D eigenvalue weighted by atomic mass is 32.2. The van der Waals surface area contributed by atoms with Gasteiger partial charge in [-0.1, -0.05) is 57.5 Å². The molecule has 7 nitrogen and oxygen atoms in total. The second-order valence-electron chi connectivity index (χ2n) is 8.95. The number of rotatable bonds is 8. The van der Waals surface area contributed by atoms with Crippen molar-refractivity contribution in [1.29, 1.82) is 0 Å². The average Bonchev–Trinajstić information content (AvgIpc) is 3.10. The number of amides is 1. The largest absolute Gasteiger partial charge is 0.311 e. The Labute approximate surface area is 185 Å². The number of hydrogen-bond donors (Lipinski definition) is 1. The van der Waals surface area contributed by atoms with Crippen LogP contribution in [-0.4, -0.2) is 37.0 Å². The number of benzene rings is 1.